The molecule has 0 bridgehead atoms. The summed E-state index contributed by atoms with van der Waals surface area (Å²) in [6.07, 6.45) is 1.44. The molecule has 2 unspecified atom stereocenters. The van der Waals surface area contributed by atoms with E-state index in [1.165, 1.54) is 0 Å². The normalized spacial score (nSPS) is 31.1. The second-order valence-electron chi connectivity index (χ2n) is 2.53. The Morgan fingerprint density at radius 3 is 2.91 bits per heavy atom. The average Bonchev–Trinajstić information content (AvgIpc) is 2.48. The van der Waals surface area contributed by atoms with Crippen molar-refractivity contribution >= 4 is 11.6 Å². The van der Waals surface area contributed by atoms with Crippen LogP contribution < -0.4 is 0 Å². The van der Waals surface area contributed by atoms with Crippen LogP contribution in [0.1, 0.15) is 12.8 Å². The molecule has 0 aromatic heterocycles. The molecule has 66 valence electrons. The van der Waals surface area contributed by atoms with Gasteiger partial charge in [-0.25, -0.2) is 0 Å². The van der Waals surface area contributed by atoms with Crippen molar-refractivity contribution in [3.63, 3.8) is 0 Å². The first-order chi connectivity index (χ1) is 5.36. The molecule has 1 saturated heterocycles. The Labute approximate surface area is 71.2 Å². The second kappa shape index (κ2) is 4.93. The van der Waals surface area contributed by atoms with Crippen molar-refractivity contribution in [2.45, 2.75) is 25.2 Å². The summed E-state index contributed by atoms with van der Waals surface area (Å²) in [6.45, 7) is 0.542. The highest BCUT2D eigenvalue weighted by Crippen LogP contribution is 2.15. The number of ether oxygens (including phenoxy) is 2. The molecule has 0 saturated carbocycles. The maximum atomic E-state index is 8.68. The first-order valence-corrected chi connectivity index (χ1v) is 4.34. The fourth-order valence-electron chi connectivity index (χ4n) is 0.999. The highest BCUT2D eigenvalue weighted by Gasteiger charge is 2.24. The molecule has 1 rings (SSSR count). The molecular weight excluding hydrogens is 168 g/mol. The van der Waals surface area contributed by atoms with Crippen molar-refractivity contribution in [1.82, 2.24) is 0 Å². The van der Waals surface area contributed by atoms with Crippen LogP contribution in [0.25, 0.3) is 0 Å². The number of alkyl halides is 1. The molecule has 1 aliphatic heterocycles. The van der Waals surface area contributed by atoms with E-state index < -0.39 is 0 Å². The molecular formula is C7H13ClO3. The topological polar surface area (TPSA) is 38.7 Å². The number of halogens is 1. The molecule has 0 radical (unpaired) electrons. The Bertz CT molecular complexity index is 110. The number of aliphatic hydroxyl groups excluding tert-OH is 1. The summed E-state index contributed by atoms with van der Waals surface area (Å²) in [4.78, 5) is 0. The van der Waals surface area contributed by atoms with E-state index >= 15 is 0 Å². The van der Waals surface area contributed by atoms with E-state index in [-0.39, 0.29) is 19.0 Å². The maximum Gasteiger partial charge on any atom is 0.158 e. The third-order valence-electron chi connectivity index (χ3n) is 1.59. The monoisotopic (exact) mass is 180 g/mol. The maximum absolute atomic E-state index is 8.68. The Balaban J connectivity index is 2.09. The molecule has 4 heteroatoms. The third kappa shape index (κ3) is 2.95. The quantitative estimate of drug-likeness (QED) is 0.649. The minimum Gasteiger partial charge on any atom is -0.394 e. The third-order valence-corrected chi connectivity index (χ3v) is 1.86. The lowest BCUT2D eigenvalue weighted by Gasteiger charge is -2.08. The highest BCUT2D eigenvalue weighted by atomic mass is 35.5. The minimum atomic E-state index is -0.147. The molecule has 0 amide bonds. The van der Waals surface area contributed by atoms with Gasteiger partial charge in [0.2, 0.25) is 0 Å². The predicted molar refractivity (Wildman–Crippen MR) is 41.7 cm³/mol. The van der Waals surface area contributed by atoms with Crippen molar-refractivity contribution < 1.29 is 14.6 Å². The van der Waals surface area contributed by atoms with Gasteiger partial charge in [0.05, 0.1) is 13.2 Å². The lowest BCUT2D eigenvalue weighted by atomic mass is 10.3. The average molecular weight is 181 g/mol. The summed E-state index contributed by atoms with van der Waals surface area (Å²) in [6, 6.07) is 0. The van der Waals surface area contributed by atoms with Gasteiger partial charge in [-0.2, -0.15) is 0 Å². The first-order valence-electron chi connectivity index (χ1n) is 3.80. The van der Waals surface area contributed by atoms with E-state index in [0.29, 0.717) is 12.5 Å². The van der Waals surface area contributed by atoms with Crippen molar-refractivity contribution in [2.24, 2.45) is 0 Å². The molecule has 1 heterocycles. The standard InChI is InChI=1S/C7H13ClO3/c8-3-1-2-7-10-5-6(4-9)11-7/h6-7,9H,1-5H2. The van der Waals surface area contributed by atoms with Gasteiger partial charge in [-0.3, -0.25) is 0 Å². The van der Waals surface area contributed by atoms with Gasteiger partial charge in [-0.05, 0) is 12.8 Å². The van der Waals surface area contributed by atoms with Crippen LogP contribution in [0.3, 0.4) is 0 Å². The highest BCUT2D eigenvalue weighted by molar-refractivity contribution is 6.17. The van der Waals surface area contributed by atoms with Gasteiger partial charge in [-0.1, -0.05) is 0 Å². The molecule has 0 aromatic carbocycles. The summed E-state index contributed by atoms with van der Waals surface area (Å²) in [5.41, 5.74) is 0. The lowest BCUT2D eigenvalue weighted by Crippen LogP contribution is -2.16. The second-order valence-corrected chi connectivity index (χ2v) is 2.91. The Morgan fingerprint density at radius 1 is 1.55 bits per heavy atom. The number of hydrogen-bond donors (Lipinski definition) is 1. The van der Waals surface area contributed by atoms with Crippen LogP contribution in [-0.4, -0.2) is 36.6 Å². The first kappa shape index (κ1) is 9.26. The van der Waals surface area contributed by atoms with E-state index in [1.54, 1.807) is 0 Å². The van der Waals surface area contributed by atoms with E-state index in [9.17, 15) is 0 Å². The molecule has 1 N–H and O–H groups in total. The summed E-state index contributed by atoms with van der Waals surface area (Å²) < 4.78 is 10.5. The minimum absolute atomic E-state index is 0.0391. The van der Waals surface area contributed by atoms with Gasteiger partial charge in [0.25, 0.3) is 0 Å². The van der Waals surface area contributed by atoms with Crippen LogP contribution >= 0.6 is 11.6 Å². The zero-order valence-electron chi connectivity index (χ0n) is 6.33. The number of rotatable bonds is 4. The fraction of sp³-hybridized carbons (Fsp3) is 1.00. The van der Waals surface area contributed by atoms with Gasteiger partial charge >= 0.3 is 0 Å². The number of aliphatic hydroxyl groups is 1. The van der Waals surface area contributed by atoms with Crippen molar-refractivity contribution in [2.75, 3.05) is 19.1 Å². The summed E-state index contributed by atoms with van der Waals surface area (Å²) in [5, 5.41) is 8.68. The van der Waals surface area contributed by atoms with E-state index in [1.807, 2.05) is 0 Å². The fourth-order valence-corrected chi connectivity index (χ4v) is 1.15. The van der Waals surface area contributed by atoms with Crippen molar-refractivity contribution in [3.8, 4) is 0 Å². The molecule has 0 aromatic rings. The largest absolute Gasteiger partial charge is 0.394 e. The van der Waals surface area contributed by atoms with Crippen LogP contribution in [0.2, 0.25) is 0 Å². The summed E-state index contributed by atoms with van der Waals surface area (Å²) >= 11 is 5.49. The Hall–Kier alpha value is 0.170. The van der Waals surface area contributed by atoms with E-state index in [2.05, 4.69) is 0 Å². The molecule has 11 heavy (non-hydrogen) atoms. The smallest absolute Gasteiger partial charge is 0.158 e. The Kier molecular flexibility index (Phi) is 4.15. The van der Waals surface area contributed by atoms with Crippen LogP contribution in [0, 0.1) is 0 Å². The van der Waals surface area contributed by atoms with Crippen molar-refractivity contribution in [3.05, 3.63) is 0 Å². The SMILES string of the molecule is OCC1COC(CCCCl)O1. The van der Waals surface area contributed by atoms with Gasteiger partial charge < -0.3 is 14.6 Å². The molecule has 0 spiro atoms. The summed E-state index contributed by atoms with van der Waals surface area (Å²) in [7, 11) is 0. The van der Waals surface area contributed by atoms with Gasteiger partial charge in [0.1, 0.15) is 6.10 Å². The van der Waals surface area contributed by atoms with Crippen LogP contribution in [-0.2, 0) is 9.47 Å². The van der Waals surface area contributed by atoms with Crippen molar-refractivity contribution in [1.29, 1.82) is 0 Å². The zero-order valence-corrected chi connectivity index (χ0v) is 7.09. The molecule has 1 aliphatic rings. The molecule has 3 nitrogen and oxygen atoms in total. The van der Waals surface area contributed by atoms with Gasteiger partial charge in [-0.15, -0.1) is 11.6 Å². The van der Waals surface area contributed by atoms with Crippen LogP contribution in [0.4, 0.5) is 0 Å². The number of hydrogen-bond acceptors (Lipinski definition) is 3. The molecule has 2 atom stereocenters. The molecule has 0 aliphatic carbocycles. The summed E-state index contributed by atoms with van der Waals surface area (Å²) in [5.74, 6) is 0.632. The van der Waals surface area contributed by atoms with Crippen LogP contribution in [0.5, 0.6) is 0 Å². The van der Waals surface area contributed by atoms with Gasteiger partial charge in [0, 0.05) is 5.88 Å². The lowest BCUT2D eigenvalue weighted by molar-refractivity contribution is -0.0691. The Morgan fingerprint density at radius 2 is 2.36 bits per heavy atom. The van der Waals surface area contributed by atoms with E-state index in [4.69, 9.17) is 26.2 Å². The zero-order chi connectivity index (χ0) is 8.10. The van der Waals surface area contributed by atoms with Crippen LogP contribution in [0.15, 0.2) is 0 Å². The predicted octanol–water partition coefficient (Wildman–Crippen LogP) is 0.739. The van der Waals surface area contributed by atoms with Gasteiger partial charge in [0.15, 0.2) is 6.29 Å². The molecule has 1 fully saturated rings. The van der Waals surface area contributed by atoms with E-state index in [0.717, 1.165) is 12.8 Å².